The second kappa shape index (κ2) is 8.93. The summed E-state index contributed by atoms with van der Waals surface area (Å²) in [4.78, 5) is 9.28. The minimum absolute atomic E-state index is 0.0600. The third-order valence-electron chi connectivity index (χ3n) is 5.57. The molecule has 0 aliphatic carbocycles. The van der Waals surface area contributed by atoms with Crippen molar-refractivity contribution in [3.8, 4) is 28.6 Å². The molecule has 170 valence electrons. The van der Waals surface area contributed by atoms with Gasteiger partial charge in [-0.25, -0.2) is 9.97 Å². The van der Waals surface area contributed by atoms with Gasteiger partial charge in [0.2, 0.25) is 11.5 Å². The van der Waals surface area contributed by atoms with Crippen molar-refractivity contribution in [1.82, 2.24) is 9.97 Å². The lowest BCUT2D eigenvalue weighted by Gasteiger charge is -2.31. The molecule has 2 aromatic rings. The van der Waals surface area contributed by atoms with E-state index in [4.69, 9.17) is 19.2 Å². The molecule has 3 rings (SSSR count). The maximum absolute atomic E-state index is 14.1. The van der Waals surface area contributed by atoms with Crippen LogP contribution in [0.4, 0.5) is 13.2 Å². The van der Waals surface area contributed by atoms with Crippen molar-refractivity contribution >= 4 is 0 Å². The van der Waals surface area contributed by atoms with Crippen molar-refractivity contribution in [2.75, 3.05) is 7.11 Å². The monoisotopic (exact) mass is 438 g/mol. The van der Waals surface area contributed by atoms with E-state index in [-0.39, 0.29) is 17.5 Å². The van der Waals surface area contributed by atoms with E-state index < -0.39 is 18.2 Å². The number of ether oxygens (including phenoxy) is 3. The van der Waals surface area contributed by atoms with Crippen molar-refractivity contribution in [3.63, 3.8) is 0 Å². The number of benzene rings is 1. The minimum atomic E-state index is -4.62. The molecule has 0 fully saturated rings. The van der Waals surface area contributed by atoms with Crippen LogP contribution >= 0.6 is 0 Å². The molecule has 0 spiro atoms. The molecular formula is C23H29F3N2O3. The third kappa shape index (κ3) is 4.57. The highest BCUT2D eigenvalue weighted by molar-refractivity contribution is 5.72. The predicted octanol–water partition coefficient (Wildman–Crippen LogP) is 5.93. The van der Waals surface area contributed by atoms with Crippen LogP contribution in [0.2, 0.25) is 0 Å². The van der Waals surface area contributed by atoms with Gasteiger partial charge in [-0.05, 0) is 38.3 Å². The van der Waals surface area contributed by atoms with Crippen LogP contribution < -0.4 is 14.2 Å². The zero-order valence-electron chi connectivity index (χ0n) is 18.6. The number of fused-ring (bicyclic) bond motifs is 3. The molecule has 0 saturated carbocycles. The van der Waals surface area contributed by atoms with Gasteiger partial charge in [0.1, 0.15) is 23.3 Å². The molecule has 31 heavy (non-hydrogen) atoms. The van der Waals surface area contributed by atoms with Gasteiger partial charge < -0.3 is 14.2 Å². The summed E-state index contributed by atoms with van der Waals surface area (Å²) in [6, 6.07) is 4.80. The van der Waals surface area contributed by atoms with Gasteiger partial charge in [-0.15, -0.1) is 0 Å². The Bertz CT molecular complexity index is 933. The lowest BCUT2D eigenvalue weighted by atomic mass is 9.97. The largest absolute Gasteiger partial charge is 0.497 e. The van der Waals surface area contributed by atoms with E-state index in [2.05, 4.69) is 11.9 Å². The Morgan fingerprint density at radius 2 is 1.94 bits per heavy atom. The average molecular weight is 438 g/mol. The number of methoxy groups -OCH3 is 1. The van der Waals surface area contributed by atoms with Gasteiger partial charge in [-0.3, -0.25) is 0 Å². The lowest BCUT2D eigenvalue weighted by Crippen LogP contribution is -2.49. The normalized spacial score (nSPS) is 19.0. The molecular weight excluding hydrogens is 409 g/mol. The van der Waals surface area contributed by atoms with Crippen LogP contribution in [-0.4, -0.2) is 35.0 Å². The topological polar surface area (TPSA) is 53.5 Å². The van der Waals surface area contributed by atoms with E-state index in [1.54, 1.807) is 12.1 Å². The summed E-state index contributed by atoms with van der Waals surface area (Å²) < 4.78 is 59.0. The van der Waals surface area contributed by atoms with Crippen LogP contribution in [0.15, 0.2) is 18.2 Å². The van der Waals surface area contributed by atoms with E-state index >= 15 is 0 Å². The molecule has 0 bridgehead atoms. The molecule has 1 aliphatic rings. The van der Waals surface area contributed by atoms with E-state index in [1.165, 1.54) is 13.2 Å². The van der Waals surface area contributed by atoms with Crippen LogP contribution in [0.3, 0.4) is 0 Å². The quantitative estimate of drug-likeness (QED) is 0.536. The van der Waals surface area contributed by atoms with Gasteiger partial charge in [-0.1, -0.05) is 27.2 Å². The number of hydrogen-bond acceptors (Lipinski definition) is 5. The first-order valence-corrected chi connectivity index (χ1v) is 10.7. The predicted molar refractivity (Wildman–Crippen MR) is 112 cm³/mol. The second-order valence-electron chi connectivity index (χ2n) is 7.93. The summed E-state index contributed by atoms with van der Waals surface area (Å²) in [5.74, 6) is 0.782. The van der Waals surface area contributed by atoms with E-state index in [0.717, 1.165) is 26.2 Å². The first kappa shape index (κ1) is 23.2. The summed E-state index contributed by atoms with van der Waals surface area (Å²) >= 11 is 0. The maximum Gasteiger partial charge on any atom is 0.428 e. The number of hydrogen-bond donors (Lipinski definition) is 0. The Hall–Kier alpha value is -2.51. The summed E-state index contributed by atoms with van der Waals surface area (Å²) in [5.41, 5.74) is -0.795. The average Bonchev–Trinajstić information content (AvgIpc) is 2.85. The number of aryl methyl sites for hydroxylation is 1. The van der Waals surface area contributed by atoms with E-state index in [9.17, 15) is 13.2 Å². The van der Waals surface area contributed by atoms with Crippen LogP contribution in [0.5, 0.6) is 17.4 Å². The summed E-state index contributed by atoms with van der Waals surface area (Å²) in [5, 5.41) is 0. The fourth-order valence-electron chi connectivity index (χ4n) is 3.64. The maximum atomic E-state index is 14.1. The van der Waals surface area contributed by atoms with Crippen LogP contribution in [0, 0.1) is 0 Å². The molecule has 0 radical (unpaired) electrons. The van der Waals surface area contributed by atoms with Gasteiger partial charge in [0.05, 0.1) is 18.5 Å². The standard InChI is InChI=1S/C23H29F3N2O3/c1-6-9-14(7-2)30-21-17(8-3)27-20-16-11-10-15(29-5)12-19(16)31-22(4,23(24,25)26)13-18(20)28-21/h10-12,14H,6-9,13H2,1-5H3. The molecule has 1 aromatic heterocycles. The molecule has 0 saturated heterocycles. The highest BCUT2D eigenvalue weighted by Gasteiger charge is 2.55. The van der Waals surface area contributed by atoms with E-state index in [1.807, 2.05) is 13.8 Å². The Morgan fingerprint density at radius 1 is 1.19 bits per heavy atom. The zero-order chi connectivity index (χ0) is 22.8. The Labute approximate surface area is 181 Å². The Balaban J connectivity index is 2.19. The first-order chi connectivity index (χ1) is 14.7. The summed E-state index contributed by atoms with van der Waals surface area (Å²) in [6.07, 6.45) is -2.05. The SMILES string of the molecule is CCCC(CC)Oc1nc2c(nc1CC)-c1ccc(OC)cc1OC(C)(C(F)(F)F)C2. The van der Waals surface area contributed by atoms with Crippen molar-refractivity contribution in [3.05, 3.63) is 29.6 Å². The van der Waals surface area contributed by atoms with Crippen molar-refractivity contribution in [1.29, 1.82) is 0 Å². The van der Waals surface area contributed by atoms with Crippen LogP contribution in [0.25, 0.3) is 11.3 Å². The molecule has 0 N–H and O–H groups in total. The van der Waals surface area contributed by atoms with Gasteiger partial charge in [0, 0.05) is 18.1 Å². The zero-order valence-corrected chi connectivity index (χ0v) is 18.6. The highest BCUT2D eigenvalue weighted by Crippen LogP contribution is 2.46. The third-order valence-corrected chi connectivity index (χ3v) is 5.57. The number of aromatic nitrogens is 2. The Kier molecular flexibility index (Phi) is 6.67. The molecule has 5 nitrogen and oxygen atoms in total. The van der Waals surface area contributed by atoms with Crippen LogP contribution in [-0.2, 0) is 12.8 Å². The lowest BCUT2D eigenvalue weighted by molar-refractivity contribution is -0.241. The molecule has 2 unspecified atom stereocenters. The minimum Gasteiger partial charge on any atom is -0.497 e. The number of nitrogens with zero attached hydrogens (tertiary/aromatic N) is 2. The molecule has 8 heteroatoms. The fraction of sp³-hybridized carbons (Fsp3) is 0.565. The van der Waals surface area contributed by atoms with Crippen molar-refractivity contribution in [2.24, 2.45) is 0 Å². The van der Waals surface area contributed by atoms with Crippen molar-refractivity contribution in [2.45, 2.75) is 77.7 Å². The second-order valence-corrected chi connectivity index (χ2v) is 7.93. The van der Waals surface area contributed by atoms with Gasteiger partial charge in [-0.2, -0.15) is 13.2 Å². The molecule has 2 heterocycles. The molecule has 2 atom stereocenters. The van der Waals surface area contributed by atoms with Crippen LogP contribution in [0.1, 0.15) is 58.3 Å². The summed E-state index contributed by atoms with van der Waals surface area (Å²) in [7, 11) is 1.45. The van der Waals surface area contributed by atoms with Gasteiger partial charge >= 0.3 is 6.18 Å². The molecule has 1 aromatic carbocycles. The van der Waals surface area contributed by atoms with Gasteiger partial charge in [0.15, 0.2) is 0 Å². The number of rotatable bonds is 7. The number of alkyl halides is 3. The number of halogens is 3. The highest BCUT2D eigenvalue weighted by atomic mass is 19.4. The van der Waals surface area contributed by atoms with E-state index in [0.29, 0.717) is 35.0 Å². The fourth-order valence-corrected chi connectivity index (χ4v) is 3.64. The Morgan fingerprint density at radius 3 is 2.52 bits per heavy atom. The van der Waals surface area contributed by atoms with Crippen molar-refractivity contribution < 1.29 is 27.4 Å². The van der Waals surface area contributed by atoms with Gasteiger partial charge in [0.25, 0.3) is 0 Å². The smallest absolute Gasteiger partial charge is 0.428 e. The molecule has 0 amide bonds. The summed E-state index contributed by atoms with van der Waals surface area (Å²) in [6.45, 7) is 7.03. The first-order valence-electron chi connectivity index (χ1n) is 10.7. The molecule has 1 aliphatic heterocycles.